The lowest BCUT2D eigenvalue weighted by atomic mass is 9.81. The Hall–Kier alpha value is -3.24. The first-order chi connectivity index (χ1) is 15.6. The predicted octanol–water partition coefficient (Wildman–Crippen LogP) is 3.38. The molecule has 172 valence electrons. The zero-order valence-electron chi connectivity index (χ0n) is 18.5. The Kier molecular flexibility index (Phi) is 4.84. The van der Waals surface area contributed by atoms with Crippen molar-refractivity contribution in [1.29, 1.82) is 0 Å². The van der Waals surface area contributed by atoms with Crippen LogP contribution in [0, 0.1) is 0 Å². The van der Waals surface area contributed by atoms with Gasteiger partial charge in [-0.3, -0.25) is 5.32 Å². The van der Waals surface area contributed by atoms with E-state index in [1.54, 1.807) is 55.3 Å². The fraction of sp³-hybridized carbons (Fsp3) is 0.391. The molecule has 0 saturated carbocycles. The summed E-state index contributed by atoms with van der Waals surface area (Å²) in [6.45, 7) is 3.30. The van der Waals surface area contributed by atoms with Gasteiger partial charge in [0.05, 0.1) is 41.0 Å². The van der Waals surface area contributed by atoms with E-state index in [9.17, 15) is 13.9 Å². The number of fused-ring (bicyclic) bond motifs is 2. The standard InChI is InChI=1S/C23H24F2N6O2/c1-21-12-23(24,25)22(2,30-21)10-14(19(21)33-3)8-15-11-27-20(29-28-15)17-5-4-16(9-18(17)32)31-7-6-26-13-31/h4-9,11,13,19,30,32H,10,12H2,1-3H3/b14-8-/t19-,21-,22-/m1/s1. The van der Waals surface area contributed by atoms with Gasteiger partial charge >= 0.3 is 0 Å². The number of phenols is 1. The van der Waals surface area contributed by atoms with Crippen LogP contribution in [0.4, 0.5) is 8.78 Å². The number of methoxy groups -OCH3 is 1. The fourth-order valence-corrected chi connectivity index (χ4v) is 5.15. The quantitative estimate of drug-likeness (QED) is 0.624. The minimum atomic E-state index is -2.86. The number of hydrogen-bond donors (Lipinski definition) is 2. The molecule has 2 aliphatic rings. The number of nitrogens with zero attached hydrogens (tertiary/aromatic N) is 5. The molecular weight excluding hydrogens is 430 g/mol. The molecule has 2 N–H and O–H groups in total. The van der Waals surface area contributed by atoms with E-state index < -0.39 is 23.1 Å². The molecule has 5 rings (SSSR count). The summed E-state index contributed by atoms with van der Waals surface area (Å²) in [4.78, 5) is 8.33. The molecule has 4 heterocycles. The van der Waals surface area contributed by atoms with Crippen LogP contribution in [0.15, 0.2) is 48.7 Å². The third-order valence-electron chi connectivity index (χ3n) is 6.60. The molecule has 2 fully saturated rings. The van der Waals surface area contributed by atoms with Crippen molar-refractivity contribution in [3.05, 3.63) is 54.4 Å². The average molecular weight is 454 g/mol. The van der Waals surface area contributed by atoms with Crippen molar-refractivity contribution >= 4 is 6.08 Å². The Labute approximate surface area is 189 Å². The van der Waals surface area contributed by atoms with Crippen LogP contribution in [0.1, 0.15) is 32.4 Å². The largest absolute Gasteiger partial charge is 0.507 e. The third kappa shape index (κ3) is 3.50. The molecule has 2 saturated heterocycles. The molecule has 0 radical (unpaired) electrons. The normalized spacial score (nSPS) is 29.5. The maximum atomic E-state index is 14.7. The van der Waals surface area contributed by atoms with Gasteiger partial charge in [0.1, 0.15) is 11.4 Å². The van der Waals surface area contributed by atoms with Crippen molar-refractivity contribution in [3.8, 4) is 22.8 Å². The number of aromatic nitrogens is 5. The maximum Gasteiger partial charge on any atom is 0.267 e. The van der Waals surface area contributed by atoms with Gasteiger partial charge in [0.15, 0.2) is 5.82 Å². The second kappa shape index (κ2) is 7.39. The molecule has 8 nitrogen and oxygen atoms in total. The first-order valence-corrected chi connectivity index (χ1v) is 10.6. The van der Waals surface area contributed by atoms with Crippen LogP contribution in [-0.4, -0.2) is 60.1 Å². The zero-order valence-corrected chi connectivity index (χ0v) is 18.5. The molecule has 3 aromatic rings. The van der Waals surface area contributed by atoms with E-state index in [1.165, 1.54) is 13.3 Å². The number of aromatic hydroxyl groups is 1. The summed E-state index contributed by atoms with van der Waals surface area (Å²) in [6.07, 6.45) is 7.57. The Bertz CT molecular complexity index is 1210. The van der Waals surface area contributed by atoms with Gasteiger partial charge in [-0.25, -0.2) is 18.7 Å². The van der Waals surface area contributed by atoms with Gasteiger partial charge in [-0.05, 0) is 44.1 Å². The summed E-state index contributed by atoms with van der Waals surface area (Å²) in [7, 11) is 1.52. The zero-order chi connectivity index (χ0) is 23.4. The van der Waals surface area contributed by atoms with E-state index in [1.807, 2.05) is 6.07 Å². The molecule has 1 aromatic carbocycles. The van der Waals surface area contributed by atoms with Crippen molar-refractivity contribution in [2.75, 3.05) is 7.11 Å². The first-order valence-electron chi connectivity index (χ1n) is 10.6. The number of benzene rings is 1. The van der Waals surface area contributed by atoms with Crippen LogP contribution in [0.5, 0.6) is 5.75 Å². The summed E-state index contributed by atoms with van der Waals surface area (Å²) in [5.74, 6) is -2.60. The van der Waals surface area contributed by atoms with Crippen molar-refractivity contribution in [2.24, 2.45) is 0 Å². The van der Waals surface area contributed by atoms with Crippen molar-refractivity contribution in [1.82, 2.24) is 30.0 Å². The first kappa shape index (κ1) is 21.6. The second-order valence-electron chi connectivity index (χ2n) is 9.15. The number of rotatable bonds is 4. The molecule has 33 heavy (non-hydrogen) atoms. The number of ether oxygens (including phenoxy) is 1. The number of hydrogen-bond acceptors (Lipinski definition) is 7. The number of halogens is 2. The number of imidazole rings is 1. The SMILES string of the molecule is CO[C@@H]1/C(=C\c2cnc(-c3ccc(-n4ccnc4)cc3O)nn2)C[C@@]2(C)N[C@]1(C)CC2(F)F. The summed E-state index contributed by atoms with van der Waals surface area (Å²) < 4.78 is 36.9. The summed E-state index contributed by atoms with van der Waals surface area (Å²) in [6, 6.07) is 5.10. The highest BCUT2D eigenvalue weighted by atomic mass is 19.3. The molecule has 3 atom stereocenters. The van der Waals surface area contributed by atoms with Crippen LogP contribution in [0.2, 0.25) is 0 Å². The van der Waals surface area contributed by atoms with E-state index in [0.29, 0.717) is 11.3 Å². The summed E-state index contributed by atoms with van der Waals surface area (Å²) in [5, 5.41) is 21.9. The third-order valence-corrected chi connectivity index (χ3v) is 6.60. The molecule has 2 aromatic heterocycles. The molecule has 0 aliphatic carbocycles. The van der Waals surface area contributed by atoms with E-state index in [4.69, 9.17) is 4.74 Å². The van der Waals surface area contributed by atoms with Crippen molar-refractivity contribution < 1.29 is 18.6 Å². The van der Waals surface area contributed by atoms with Crippen LogP contribution in [0.25, 0.3) is 23.2 Å². The molecule has 0 amide bonds. The molecular formula is C23H24F2N6O2. The fourth-order valence-electron chi connectivity index (χ4n) is 5.15. The van der Waals surface area contributed by atoms with Crippen molar-refractivity contribution in [2.45, 2.75) is 49.8 Å². The predicted molar refractivity (Wildman–Crippen MR) is 117 cm³/mol. The summed E-state index contributed by atoms with van der Waals surface area (Å²) in [5.41, 5.74) is 0.0807. The summed E-state index contributed by atoms with van der Waals surface area (Å²) >= 11 is 0. The highest BCUT2D eigenvalue weighted by Crippen LogP contribution is 2.53. The highest BCUT2D eigenvalue weighted by Gasteiger charge is 2.67. The van der Waals surface area contributed by atoms with Crippen LogP contribution in [0.3, 0.4) is 0 Å². The molecule has 0 spiro atoms. The highest BCUT2D eigenvalue weighted by molar-refractivity contribution is 5.66. The van der Waals surface area contributed by atoms with Gasteiger partial charge in [0.25, 0.3) is 5.92 Å². The Morgan fingerprint density at radius 3 is 2.73 bits per heavy atom. The van der Waals surface area contributed by atoms with Crippen LogP contribution >= 0.6 is 0 Å². The minimum Gasteiger partial charge on any atom is -0.507 e. The van der Waals surface area contributed by atoms with Crippen LogP contribution < -0.4 is 5.32 Å². The van der Waals surface area contributed by atoms with Crippen molar-refractivity contribution in [3.63, 3.8) is 0 Å². The molecule has 10 heteroatoms. The Morgan fingerprint density at radius 1 is 1.27 bits per heavy atom. The average Bonchev–Trinajstić information content (AvgIpc) is 3.32. The van der Waals surface area contributed by atoms with Gasteiger partial charge in [0, 0.05) is 32.0 Å². The minimum absolute atomic E-state index is 0.00608. The lowest BCUT2D eigenvalue weighted by Crippen LogP contribution is -2.61. The van der Waals surface area contributed by atoms with Gasteiger partial charge < -0.3 is 14.4 Å². The van der Waals surface area contributed by atoms with E-state index in [-0.39, 0.29) is 24.4 Å². The van der Waals surface area contributed by atoms with Gasteiger partial charge in [-0.2, -0.15) is 0 Å². The van der Waals surface area contributed by atoms with Gasteiger partial charge in [-0.15, -0.1) is 10.2 Å². The van der Waals surface area contributed by atoms with E-state index in [2.05, 4.69) is 25.5 Å². The second-order valence-corrected chi connectivity index (χ2v) is 9.15. The Morgan fingerprint density at radius 2 is 2.09 bits per heavy atom. The van der Waals surface area contributed by atoms with E-state index >= 15 is 0 Å². The van der Waals surface area contributed by atoms with Gasteiger partial charge in [-0.1, -0.05) is 0 Å². The monoisotopic (exact) mass is 454 g/mol. The topological polar surface area (TPSA) is 98.0 Å². The smallest absolute Gasteiger partial charge is 0.267 e. The Balaban J connectivity index is 1.43. The number of phenolic OH excluding ortho intramolecular Hbond substituents is 1. The maximum absolute atomic E-state index is 14.7. The van der Waals surface area contributed by atoms with E-state index in [0.717, 1.165) is 11.3 Å². The number of alkyl halides is 2. The lowest BCUT2D eigenvalue weighted by Gasteiger charge is -2.44. The van der Waals surface area contributed by atoms with Gasteiger partial charge in [0.2, 0.25) is 0 Å². The molecule has 2 bridgehead atoms. The molecule has 0 unspecified atom stereocenters. The number of piperidine rings is 1. The number of nitrogens with one attached hydrogen (secondary N) is 1. The lowest BCUT2D eigenvalue weighted by molar-refractivity contribution is -0.0524. The molecule has 2 aliphatic heterocycles. The van der Waals surface area contributed by atoms with Crippen LogP contribution in [-0.2, 0) is 4.74 Å².